The Labute approximate surface area is 141 Å². The molecule has 124 valence electrons. The van der Waals surface area contributed by atoms with Gasteiger partial charge in [0, 0.05) is 23.8 Å². The fraction of sp³-hybridized carbons (Fsp3) is 0.133. The van der Waals surface area contributed by atoms with Crippen molar-refractivity contribution in [2.45, 2.75) is 5.75 Å². The van der Waals surface area contributed by atoms with E-state index in [9.17, 15) is 20.2 Å². The van der Waals surface area contributed by atoms with Crippen molar-refractivity contribution < 1.29 is 9.85 Å². The molecule has 0 amide bonds. The molecule has 24 heavy (non-hydrogen) atoms. The van der Waals surface area contributed by atoms with Crippen molar-refractivity contribution in [1.29, 1.82) is 0 Å². The number of non-ortho nitro benzene ring substituents is 1. The number of nitrogens with zero attached hydrogens (tertiary/aromatic N) is 3. The van der Waals surface area contributed by atoms with Gasteiger partial charge in [-0.15, -0.1) is 0 Å². The SMILES string of the molecule is O=[N+]([O-])c1ccc(N/N=C\CSCc2ccccc2)c([N+](=O)[O-])c1. The summed E-state index contributed by atoms with van der Waals surface area (Å²) in [5.74, 6) is 1.47. The maximum absolute atomic E-state index is 11.0. The van der Waals surface area contributed by atoms with E-state index < -0.39 is 15.5 Å². The highest BCUT2D eigenvalue weighted by molar-refractivity contribution is 7.99. The minimum Gasteiger partial charge on any atom is -0.272 e. The lowest BCUT2D eigenvalue weighted by Crippen LogP contribution is -1.99. The minimum absolute atomic E-state index is 0.106. The van der Waals surface area contributed by atoms with Crippen molar-refractivity contribution in [2.75, 3.05) is 11.2 Å². The molecule has 1 N–H and O–H groups in total. The zero-order valence-corrected chi connectivity index (χ0v) is 13.3. The maximum atomic E-state index is 11.0. The molecule has 0 aromatic heterocycles. The molecule has 0 radical (unpaired) electrons. The first-order valence-corrected chi connectivity index (χ1v) is 8.05. The lowest BCUT2D eigenvalue weighted by Gasteiger charge is -2.02. The highest BCUT2D eigenvalue weighted by atomic mass is 32.2. The number of nitrogens with one attached hydrogen (secondary N) is 1. The first-order chi connectivity index (χ1) is 11.6. The second-order valence-electron chi connectivity index (χ2n) is 4.64. The molecule has 0 aliphatic heterocycles. The van der Waals surface area contributed by atoms with E-state index in [1.54, 1.807) is 18.0 Å². The number of anilines is 1. The van der Waals surface area contributed by atoms with Crippen molar-refractivity contribution in [3.05, 3.63) is 74.3 Å². The fourth-order valence-electron chi connectivity index (χ4n) is 1.84. The third kappa shape index (κ3) is 5.06. The van der Waals surface area contributed by atoms with Crippen LogP contribution in [0.15, 0.2) is 53.6 Å². The molecule has 0 aliphatic rings. The summed E-state index contributed by atoms with van der Waals surface area (Å²) in [6, 6.07) is 13.3. The largest absolute Gasteiger partial charge is 0.301 e. The molecule has 9 heteroatoms. The summed E-state index contributed by atoms with van der Waals surface area (Å²) in [5.41, 5.74) is 3.13. The van der Waals surface area contributed by atoms with Gasteiger partial charge < -0.3 is 0 Å². The Morgan fingerprint density at radius 3 is 2.50 bits per heavy atom. The molecule has 0 bridgehead atoms. The molecule has 0 saturated heterocycles. The number of hydrazone groups is 1. The Balaban J connectivity index is 1.89. The minimum atomic E-state index is -0.686. The number of hydrogen-bond acceptors (Lipinski definition) is 7. The standard InChI is InChI=1S/C15H14N4O4S/c20-18(21)13-6-7-14(15(10-13)19(22)23)17-16-8-9-24-11-12-4-2-1-3-5-12/h1-8,10,17H,9,11H2/b16-8-. The lowest BCUT2D eigenvalue weighted by molar-refractivity contribution is -0.393. The van der Waals surface area contributed by atoms with Gasteiger partial charge in [-0.3, -0.25) is 25.7 Å². The number of benzene rings is 2. The molecule has 2 aromatic carbocycles. The van der Waals surface area contributed by atoms with E-state index in [2.05, 4.69) is 10.5 Å². The number of nitro benzene ring substituents is 2. The van der Waals surface area contributed by atoms with Gasteiger partial charge >= 0.3 is 5.69 Å². The summed E-state index contributed by atoms with van der Waals surface area (Å²) in [4.78, 5) is 20.3. The molecule has 2 rings (SSSR count). The van der Waals surface area contributed by atoms with E-state index >= 15 is 0 Å². The fourth-order valence-corrected chi connectivity index (χ4v) is 2.56. The highest BCUT2D eigenvalue weighted by Gasteiger charge is 2.18. The number of nitro groups is 2. The zero-order chi connectivity index (χ0) is 17.4. The quantitative estimate of drug-likeness (QED) is 0.336. The van der Waals surface area contributed by atoms with E-state index in [0.717, 1.165) is 11.8 Å². The number of thioether (sulfide) groups is 1. The van der Waals surface area contributed by atoms with E-state index in [1.807, 2.05) is 30.3 Å². The molecule has 0 saturated carbocycles. The van der Waals surface area contributed by atoms with Crippen LogP contribution in [0.2, 0.25) is 0 Å². The van der Waals surface area contributed by atoms with E-state index in [1.165, 1.54) is 17.7 Å². The van der Waals surface area contributed by atoms with Gasteiger partial charge in [-0.25, -0.2) is 0 Å². The third-order valence-corrected chi connectivity index (χ3v) is 3.89. The van der Waals surface area contributed by atoms with Crippen LogP contribution in [-0.4, -0.2) is 21.8 Å². The van der Waals surface area contributed by atoms with Gasteiger partial charge in [-0.1, -0.05) is 30.3 Å². The van der Waals surface area contributed by atoms with Crippen LogP contribution < -0.4 is 5.43 Å². The number of rotatable bonds is 8. The first-order valence-electron chi connectivity index (χ1n) is 6.90. The second kappa shape index (κ2) is 8.63. The van der Waals surface area contributed by atoms with Crippen LogP contribution in [0.1, 0.15) is 5.56 Å². The Morgan fingerprint density at radius 2 is 1.83 bits per heavy atom. The van der Waals surface area contributed by atoms with Crippen molar-refractivity contribution in [3.8, 4) is 0 Å². The predicted molar refractivity (Wildman–Crippen MR) is 94.5 cm³/mol. The number of hydrogen-bond donors (Lipinski definition) is 1. The summed E-state index contributed by atoms with van der Waals surface area (Å²) < 4.78 is 0. The van der Waals surface area contributed by atoms with Gasteiger partial charge in [-0.05, 0) is 11.6 Å². The van der Waals surface area contributed by atoms with Gasteiger partial charge in [-0.2, -0.15) is 16.9 Å². The van der Waals surface area contributed by atoms with Gasteiger partial charge in [0.05, 0.1) is 15.9 Å². The van der Waals surface area contributed by atoms with Gasteiger partial charge in [0.15, 0.2) is 0 Å². The summed E-state index contributed by atoms with van der Waals surface area (Å²) in [6.07, 6.45) is 1.60. The molecule has 8 nitrogen and oxygen atoms in total. The van der Waals surface area contributed by atoms with E-state index in [0.29, 0.717) is 5.75 Å². The van der Waals surface area contributed by atoms with Gasteiger partial charge in [0.2, 0.25) is 0 Å². The summed E-state index contributed by atoms with van der Waals surface area (Å²) in [6.45, 7) is 0. The van der Waals surface area contributed by atoms with Crippen LogP contribution in [0.25, 0.3) is 0 Å². The van der Waals surface area contributed by atoms with Crippen LogP contribution in [0.4, 0.5) is 17.1 Å². The molecule has 0 aliphatic carbocycles. The van der Waals surface area contributed by atoms with Crippen molar-refractivity contribution in [2.24, 2.45) is 5.10 Å². The molecule has 0 atom stereocenters. The zero-order valence-electron chi connectivity index (χ0n) is 12.5. The first kappa shape index (κ1) is 17.4. The van der Waals surface area contributed by atoms with Crippen LogP contribution in [0.3, 0.4) is 0 Å². The molecule has 0 heterocycles. The highest BCUT2D eigenvalue weighted by Crippen LogP contribution is 2.28. The lowest BCUT2D eigenvalue weighted by atomic mass is 10.2. The summed E-state index contributed by atoms with van der Waals surface area (Å²) in [5, 5.41) is 25.6. The van der Waals surface area contributed by atoms with Gasteiger partial charge in [0.1, 0.15) is 5.69 Å². The topological polar surface area (TPSA) is 111 Å². The molecular formula is C15H14N4O4S. The van der Waals surface area contributed by atoms with Crippen molar-refractivity contribution in [3.63, 3.8) is 0 Å². The molecule has 0 spiro atoms. The summed E-state index contributed by atoms with van der Waals surface area (Å²) >= 11 is 1.65. The second-order valence-corrected chi connectivity index (χ2v) is 5.67. The third-order valence-electron chi connectivity index (χ3n) is 2.97. The molecule has 0 unspecified atom stereocenters. The van der Waals surface area contributed by atoms with Crippen LogP contribution >= 0.6 is 11.8 Å². The van der Waals surface area contributed by atoms with E-state index in [-0.39, 0.29) is 11.4 Å². The normalized spacial score (nSPS) is 10.7. The molecule has 2 aromatic rings. The van der Waals surface area contributed by atoms with Gasteiger partial charge in [0.25, 0.3) is 5.69 Å². The summed E-state index contributed by atoms with van der Waals surface area (Å²) in [7, 11) is 0. The average Bonchev–Trinajstić information content (AvgIpc) is 2.58. The van der Waals surface area contributed by atoms with Crippen molar-refractivity contribution >= 4 is 35.0 Å². The maximum Gasteiger partial charge on any atom is 0.301 e. The Kier molecular flexibility index (Phi) is 6.26. The Hall–Kier alpha value is -2.94. The van der Waals surface area contributed by atoms with Crippen LogP contribution in [0, 0.1) is 20.2 Å². The monoisotopic (exact) mass is 346 g/mol. The van der Waals surface area contributed by atoms with E-state index in [4.69, 9.17) is 0 Å². The smallest absolute Gasteiger partial charge is 0.272 e. The Morgan fingerprint density at radius 1 is 1.08 bits per heavy atom. The van der Waals surface area contributed by atoms with Crippen LogP contribution in [-0.2, 0) is 5.75 Å². The average molecular weight is 346 g/mol. The Bertz CT molecular complexity index is 752. The molecule has 0 fully saturated rings. The predicted octanol–water partition coefficient (Wildman–Crippen LogP) is 3.83. The van der Waals surface area contributed by atoms with Crippen LogP contribution in [0.5, 0.6) is 0 Å². The van der Waals surface area contributed by atoms with Crippen molar-refractivity contribution in [1.82, 2.24) is 0 Å². The molecular weight excluding hydrogens is 332 g/mol.